The highest BCUT2D eigenvalue weighted by atomic mass is 19.4. The monoisotopic (exact) mass is 331 g/mol. The van der Waals surface area contributed by atoms with Crippen LogP contribution in [0.4, 0.5) is 13.2 Å². The first-order chi connectivity index (χ1) is 10.7. The zero-order valence-electron chi connectivity index (χ0n) is 13.5. The Hall–Kier alpha value is -1.56. The van der Waals surface area contributed by atoms with E-state index >= 15 is 0 Å². The second-order valence-electron chi connectivity index (χ2n) is 6.18. The van der Waals surface area contributed by atoms with Crippen LogP contribution in [0.1, 0.15) is 37.8 Å². The number of nitrogens with one attached hydrogen (secondary N) is 1. The minimum Gasteiger partial charge on any atom is -0.396 e. The highest BCUT2D eigenvalue weighted by molar-refractivity contribution is 5.78. The van der Waals surface area contributed by atoms with Crippen molar-refractivity contribution in [3.63, 3.8) is 0 Å². The number of halogens is 3. The zero-order valence-corrected chi connectivity index (χ0v) is 13.5. The topological polar surface area (TPSA) is 49.3 Å². The zero-order chi connectivity index (χ0) is 17.5. The van der Waals surface area contributed by atoms with Crippen molar-refractivity contribution in [1.29, 1.82) is 0 Å². The number of hydrogen-bond donors (Lipinski definition) is 2. The number of carbonyl (C=O) groups is 1. The van der Waals surface area contributed by atoms with Crippen LogP contribution < -0.4 is 5.32 Å². The molecule has 0 unspecified atom stereocenters. The molecular weight excluding hydrogens is 307 g/mol. The minimum atomic E-state index is -4.37. The molecule has 1 rings (SSSR count). The lowest BCUT2D eigenvalue weighted by molar-refractivity contribution is -0.137. The number of alkyl halides is 3. The summed E-state index contributed by atoms with van der Waals surface area (Å²) in [4.78, 5) is 11.9. The molecule has 0 aliphatic rings. The van der Waals surface area contributed by atoms with E-state index in [1.807, 2.05) is 0 Å². The average molecular weight is 331 g/mol. The Balaban J connectivity index is 2.49. The molecule has 23 heavy (non-hydrogen) atoms. The van der Waals surface area contributed by atoms with E-state index < -0.39 is 11.7 Å². The quantitative estimate of drug-likeness (QED) is 0.767. The van der Waals surface area contributed by atoms with Crippen LogP contribution in [0, 0.1) is 11.8 Å². The largest absolute Gasteiger partial charge is 0.416 e. The fourth-order valence-corrected chi connectivity index (χ4v) is 2.47. The molecule has 6 heteroatoms. The SMILES string of the molecule is CC(C)C[C@H](CCO)CNC(=O)Cc1ccc(C(F)(F)F)cc1. The summed E-state index contributed by atoms with van der Waals surface area (Å²) in [6, 6.07) is 4.61. The van der Waals surface area contributed by atoms with Crippen LogP contribution in [0.25, 0.3) is 0 Å². The van der Waals surface area contributed by atoms with Gasteiger partial charge in [-0.3, -0.25) is 4.79 Å². The van der Waals surface area contributed by atoms with Gasteiger partial charge in [0.25, 0.3) is 0 Å². The molecule has 3 nitrogen and oxygen atoms in total. The molecule has 0 heterocycles. The number of benzene rings is 1. The van der Waals surface area contributed by atoms with E-state index in [9.17, 15) is 18.0 Å². The maximum atomic E-state index is 12.5. The fourth-order valence-electron chi connectivity index (χ4n) is 2.47. The number of rotatable bonds is 8. The Morgan fingerprint density at radius 2 is 1.83 bits per heavy atom. The summed E-state index contributed by atoms with van der Waals surface area (Å²) in [5.74, 6) is 0.450. The standard InChI is InChI=1S/C17H24F3NO2/c1-12(2)9-14(7-8-22)11-21-16(23)10-13-3-5-15(6-4-13)17(18,19)20/h3-6,12,14,22H,7-11H2,1-2H3,(H,21,23)/t14-/m0/s1. The summed E-state index contributed by atoms with van der Waals surface area (Å²) in [5.41, 5.74) is -0.181. The lowest BCUT2D eigenvalue weighted by atomic mass is 9.94. The summed E-state index contributed by atoms with van der Waals surface area (Å²) in [7, 11) is 0. The second kappa shape index (κ2) is 8.91. The van der Waals surface area contributed by atoms with Gasteiger partial charge in [0.2, 0.25) is 5.91 Å². The summed E-state index contributed by atoms with van der Waals surface area (Å²) in [6.07, 6.45) is -2.79. The third-order valence-corrected chi connectivity index (χ3v) is 3.58. The van der Waals surface area contributed by atoms with E-state index in [1.54, 1.807) is 0 Å². The Bertz CT molecular complexity index is 484. The Morgan fingerprint density at radius 1 is 1.22 bits per heavy atom. The number of hydrogen-bond acceptors (Lipinski definition) is 2. The molecule has 1 amide bonds. The van der Waals surface area contributed by atoms with Crippen molar-refractivity contribution in [2.75, 3.05) is 13.2 Å². The first kappa shape index (κ1) is 19.5. The Morgan fingerprint density at radius 3 is 2.30 bits per heavy atom. The van der Waals surface area contributed by atoms with E-state index in [1.165, 1.54) is 12.1 Å². The lowest BCUT2D eigenvalue weighted by Gasteiger charge is -2.18. The van der Waals surface area contributed by atoms with Crippen LogP contribution in [-0.2, 0) is 17.4 Å². The molecule has 130 valence electrons. The molecule has 1 aromatic carbocycles. The normalized spacial score (nSPS) is 13.2. The van der Waals surface area contributed by atoms with E-state index in [2.05, 4.69) is 19.2 Å². The number of carbonyl (C=O) groups excluding carboxylic acids is 1. The molecule has 0 fully saturated rings. The molecule has 1 aromatic rings. The molecule has 1 atom stereocenters. The van der Waals surface area contributed by atoms with Crippen LogP contribution in [-0.4, -0.2) is 24.2 Å². The predicted octanol–water partition coefficient (Wildman–Crippen LogP) is 3.41. The van der Waals surface area contributed by atoms with Gasteiger partial charge in [0.05, 0.1) is 12.0 Å². The summed E-state index contributed by atoms with van der Waals surface area (Å²) in [5, 5.41) is 11.8. The van der Waals surface area contributed by atoms with E-state index in [0.717, 1.165) is 18.6 Å². The molecular formula is C17H24F3NO2. The Labute approximate surface area is 134 Å². The van der Waals surface area contributed by atoms with Gasteiger partial charge in [-0.1, -0.05) is 26.0 Å². The van der Waals surface area contributed by atoms with Gasteiger partial charge in [-0.05, 0) is 42.4 Å². The highest BCUT2D eigenvalue weighted by Gasteiger charge is 2.29. The third kappa shape index (κ3) is 7.50. The van der Waals surface area contributed by atoms with Gasteiger partial charge in [0, 0.05) is 13.2 Å². The van der Waals surface area contributed by atoms with Crippen LogP contribution in [0.15, 0.2) is 24.3 Å². The van der Waals surface area contributed by atoms with Crippen LogP contribution in [0.5, 0.6) is 0 Å². The van der Waals surface area contributed by atoms with E-state index in [-0.39, 0.29) is 24.9 Å². The first-order valence-electron chi connectivity index (χ1n) is 7.76. The lowest BCUT2D eigenvalue weighted by Crippen LogP contribution is -2.31. The van der Waals surface area contributed by atoms with Crippen molar-refractivity contribution in [3.05, 3.63) is 35.4 Å². The molecule has 0 aliphatic carbocycles. The van der Waals surface area contributed by atoms with Gasteiger partial charge in [-0.2, -0.15) is 13.2 Å². The average Bonchev–Trinajstić information content (AvgIpc) is 2.44. The predicted molar refractivity (Wildman–Crippen MR) is 82.8 cm³/mol. The molecule has 0 spiro atoms. The van der Waals surface area contributed by atoms with Gasteiger partial charge >= 0.3 is 6.18 Å². The fraction of sp³-hybridized carbons (Fsp3) is 0.588. The van der Waals surface area contributed by atoms with Crippen molar-refractivity contribution < 1.29 is 23.1 Å². The molecule has 0 saturated heterocycles. The number of amides is 1. The van der Waals surface area contributed by atoms with Crippen LogP contribution in [0.2, 0.25) is 0 Å². The molecule has 0 radical (unpaired) electrons. The van der Waals surface area contributed by atoms with Crippen LogP contribution >= 0.6 is 0 Å². The van der Waals surface area contributed by atoms with Gasteiger partial charge in [0.15, 0.2) is 0 Å². The smallest absolute Gasteiger partial charge is 0.396 e. The van der Waals surface area contributed by atoms with E-state index in [4.69, 9.17) is 5.11 Å². The van der Waals surface area contributed by atoms with E-state index in [0.29, 0.717) is 24.4 Å². The Kier molecular flexibility index (Phi) is 7.55. The summed E-state index contributed by atoms with van der Waals surface area (Å²) < 4.78 is 37.4. The summed E-state index contributed by atoms with van der Waals surface area (Å²) >= 11 is 0. The number of aliphatic hydroxyl groups excluding tert-OH is 1. The van der Waals surface area contributed by atoms with Crippen molar-refractivity contribution in [3.8, 4) is 0 Å². The first-order valence-corrected chi connectivity index (χ1v) is 7.76. The highest BCUT2D eigenvalue weighted by Crippen LogP contribution is 2.29. The second-order valence-corrected chi connectivity index (χ2v) is 6.18. The maximum Gasteiger partial charge on any atom is 0.416 e. The van der Waals surface area contributed by atoms with Gasteiger partial charge in [-0.25, -0.2) is 0 Å². The van der Waals surface area contributed by atoms with Crippen molar-refractivity contribution in [2.45, 2.75) is 39.3 Å². The molecule has 0 bridgehead atoms. The van der Waals surface area contributed by atoms with Gasteiger partial charge in [0.1, 0.15) is 0 Å². The summed E-state index contributed by atoms with van der Waals surface area (Å²) in [6.45, 7) is 4.70. The molecule has 0 aliphatic heterocycles. The third-order valence-electron chi connectivity index (χ3n) is 3.58. The van der Waals surface area contributed by atoms with Crippen molar-refractivity contribution in [1.82, 2.24) is 5.32 Å². The van der Waals surface area contributed by atoms with Crippen molar-refractivity contribution in [2.24, 2.45) is 11.8 Å². The molecule has 0 aromatic heterocycles. The van der Waals surface area contributed by atoms with Crippen LogP contribution in [0.3, 0.4) is 0 Å². The minimum absolute atomic E-state index is 0.0473. The number of aliphatic hydroxyl groups is 1. The van der Waals surface area contributed by atoms with Gasteiger partial charge in [-0.15, -0.1) is 0 Å². The van der Waals surface area contributed by atoms with Crippen molar-refractivity contribution >= 4 is 5.91 Å². The molecule has 0 saturated carbocycles. The van der Waals surface area contributed by atoms with Gasteiger partial charge < -0.3 is 10.4 Å². The maximum absolute atomic E-state index is 12.5. The molecule has 2 N–H and O–H groups in total.